The predicted octanol–water partition coefficient (Wildman–Crippen LogP) is 3.52. The third-order valence-corrected chi connectivity index (χ3v) is 3.78. The van der Waals surface area contributed by atoms with Crippen molar-refractivity contribution in [2.45, 2.75) is 52.0 Å². The lowest BCUT2D eigenvalue weighted by Gasteiger charge is -2.30. The highest BCUT2D eigenvalue weighted by molar-refractivity contribution is 6.18. The molecule has 0 N–H and O–H groups in total. The minimum Gasteiger partial charge on any atom is -0.299 e. The van der Waals surface area contributed by atoms with E-state index in [0.717, 1.165) is 11.8 Å². The number of halogens is 1. The molecule has 1 saturated heterocycles. The van der Waals surface area contributed by atoms with Gasteiger partial charge in [-0.05, 0) is 25.3 Å². The van der Waals surface area contributed by atoms with Crippen LogP contribution >= 0.6 is 11.6 Å². The molecule has 0 aromatic rings. The van der Waals surface area contributed by atoms with E-state index in [-0.39, 0.29) is 0 Å². The van der Waals surface area contributed by atoms with Crippen molar-refractivity contribution in [3.63, 3.8) is 0 Å². The van der Waals surface area contributed by atoms with Gasteiger partial charge in [-0.1, -0.05) is 33.1 Å². The van der Waals surface area contributed by atoms with Gasteiger partial charge in [0.15, 0.2) is 0 Å². The topological polar surface area (TPSA) is 3.24 Å². The van der Waals surface area contributed by atoms with Crippen LogP contribution in [0.15, 0.2) is 0 Å². The number of hydrogen-bond donors (Lipinski definition) is 0. The second-order valence-electron chi connectivity index (χ2n) is 4.67. The molecule has 0 bridgehead atoms. The molecule has 1 rings (SSSR count). The zero-order chi connectivity index (χ0) is 10.4. The highest BCUT2D eigenvalue weighted by Crippen LogP contribution is 2.19. The van der Waals surface area contributed by atoms with Gasteiger partial charge in [-0.25, -0.2) is 0 Å². The third-order valence-electron chi connectivity index (χ3n) is 3.42. The average Bonchev–Trinajstić information content (AvgIpc) is 2.42. The van der Waals surface area contributed by atoms with Crippen LogP contribution in [0.5, 0.6) is 0 Å². The highest BCUT2D eigenvalue weighted by atomic mass is 35.5. The fraction of sp³-hybridized carbons (Fsp3) is 1.00. The minimum absolute atomic E-state index is 0.646. The molecule has 2 heteroatoms. The molecule has 84 valence electrons. The van der Waals surface area contributed by atoms with Crippen LogP contribution in [0.1, 0.15) is 46.0 Å². The third kappa shape index (κ3) is 3.78. The molecule has 0 aromatic heterocycles. The summed E-state index contributed by atoms with van der Waals surface area (Å²) in [5, 5.41) is 0. The van der Waals surface area contributed by atoms with E-state index in [0.29, 0.717) is 6.04 Å². The predicted molar refractivity (Wildman–Crippen MR) is 64.0 cm³/mol. The first-order valence-electron chi connectivity index (χ1n) is 6.08. The van der Waals surface area contributed by atoms with Gasteiger partial charge in [0.05, 0.1) is 0 Å². The maximum atomic E-state index is 6.03. The van der Waals surface area contributed by atoms with Crippen molar-refractivity contribution in [2.24, 2.45) is 5.92 Å². The van der Waals surface area contributed by atoms with E-state index in [2.05, 4.69) is 18.7 Å². The molecule has 1 aliphatic rings. The molecule has 0 amide bonds. The summed E-state index contributed by atoms with van der Waals surface area (Å²) in [6, 6.07) is 0.646. The van der Waals surface area contributed by atoms with Crippen molar-refractivity contribution in [3.05, 3.63) is 0 Å². The van der Waals surface area contributed by atoms with Crippen LogP contribution in [-0.2, 0) is 0 Å². The first kappa shape index (κ1) is 12.3. The summed E-state index contributed by atoms with van der Waals surface area (Å²) >= 11 is 6.03. The molecule has 2 atom stereocenters. The van der Waals surface area contributed by atoms with Gasteiger partial charge in [0.2, 0.25) is 0 Å². The minimum atomic E-state index is 0.646. The summed E-state index contributed by atoms with van der Waals surface area (Å²) in [7, 11) is 0. The van der Waals surface area contributed by atoms with Crippen LogP contribution in [-0.4, -0.2) is 29.9 Å². The van der Waals surface area contributed by atoms with Gasteiger partial charge < -0.3 is 0 Å². The zero-order valence-corrected chi connectivity index (χ0v) is 10.4. The molecule has 14 heavy (non-hydrogen) atoms. The normalized spacial score (nSPS) is 27.2. The number of alkyl halides is 1. The molecule has 0 radical (unpaired) electrons. The Morgan fingerprint density at radius 3 is 2.79 bits per heavy atom. The molecule has 1 fully saturated rings. The Balaban J connectivity index is 2.43. The van der Waals surface area contributed by atoms with E-state index in [1.54, 1.807) is 0 Å². The van der Waals surface area contributed by atoms with Gasteiger partial charge in [-0.2, -0.15) is 0 Å². The Hall–Kier alpha value is 0.250. The van der Waals surface area contributed by atoms with E-state index in [9.17, 15) is 0 Å². The molecule has 0 spiro atoms. The van der Waals surface area contributed by atoms with Crippen LogP contribution in [0.2, 0.25) is 0 Å². The fourth-order valence-corrected chi connectivity index (χ4v) is 2.53. The maximum Gasteiger partial charge on any atom is 0.0379 e. The SMILES string of the molecule is CCC(C)CN1CCCCCC1CCl. The molecule has 0 saturated carbocycles. The van der Waals surface area contributed by atoms with Crippen molar-refractivity contribution < 1.29 is 0 Å². The van der Waals surface area contributed by atoms with Crippen molar-refractivity contribution in [1.29, 1.82) is 0 Å². The van der Waals surface area contributed by atoms with Crippen molar-refractivity contribution >= 4 is 11.6 Å². The van der Waals surface area contributed by atoms with Crippen LogP contribution in [0.25, 0.3) is 0 Å². The number of nitrogens with zero attached hydrogens (tertiary/aromatic N) is 1. The zero-order valence-electron chi connectivity index (χ0n) is 9.64. The van der Waals surface area contributed by atoms with Gasteiger partial charge >= 0.3 is 0 Å². The van der Waals surface area contributed by atoms with E-state index in [1.807, 2.05) is 0 Å². The lowest BCUT2D eigenvalue weighted by atomic mass is 10.1. The first-order valence-corrected chi connectivity index (χ1v) is 6.61. The molecule has 0 aromatic carbocycles. The monoisotopic (exact) mass is 217 g/mol. The van der Waals surface area contributed by atoms with E-state index in [1.165, 1.54) is 45.2 Å². The second-order valence-corrected chi connectivity index (χ2v) is 4.97. The lowest BCUT2D eigenvalue weighted by molar-refractivity contribution is 0.186. The lowest BCUT2D eigenvalue weighted by Crippen LogP contribution is -2.39. The van der Waals surface area contributed by atoms with Gasteiger partial charge in [-0.3, -0.25) is 4.90 Å². The Kier molecular flexibility index (Phi) is 5.88. The van der Waals surface area contributed by atoms with Crippen molar-refractivity contribution in [1.82, 2.24) is 4.90 Å². The van der Waals surface area contributed by atoms with Gasteiger partial charge in [0.1, 0.15) is 0 Å². The van der Waals surface area contributed by atoms with Crippen molar-refractivity contribution in [2.75, 3.05) is 19.0 Å². The van der Waals surface area contributed by atoms with E-state index in [4.69, 9.17) is 11.6 Å². The second kappa shape index (κ2) is 6.68. The summed E-state index contributed by atoms with van der Waals surface area (Å²) in [5.41, 5.74) is 0. The smallest absolute Gasteiger partial charge is 0.0379 e. The van der Waals surface area contributed by atoms with Crippen LogP contribution in [0.3, 0.4) is 0 Å². The number of hydrogen-bond acceptors (Lipinski definition) is 1. The largest absolute Gasteiger partial charge is 0.299 e. The van der Waals surface area contributed by atoms with Gasteiger partial charge in [0, 0.05) is 18.5 Å². The van der Waals surface area contributed by atoms with E-state index >= 15 is 0 Å². The molecule has 1 heterocycles. The van der Waals surface area contributed by atoms with Gasteiger partial charge in [-0.15, -0.1) is 11.6 Å². The first-order chi connectivity index (χ1) is 6.77. The Morgan fingerprint density at radius 1 is 1.36 bits per heavy atom. The van der Waals surface area contributed by atoms with E-state index < -0.39 is 0 Å². The molecule has 0 aliphatic carbocycles. The summed E-state index contributed by atoms with van der Waals surface area (Å²) in [6.07, 6.45) is 6.72. The number of rotatable bonds is 4. The molecular weight excluding hydrogens is 194 g/mol. The number of likely N-dealkylation sites (tertiary alicyclic amines) is 1. The summed E-state index contributed by atoms with van der Waals surface area (Å²) in [6.45, 7) is 7.13. The Labute approximate surface area is 93.8 Å². The van der Waals surface area contributed by atoms with Crippen molar-refractivity contribution in [3.8, 4) is 0 Å². The van der Waals surface area contributed by atoms with Crippen LogP contribution in [0.4, 0.5) is 0 Å². The molecule has 1 nitrogen and oxygen atoms in total. The molecule has 2 unspecified atom stereocenters. The molecular formula is C12H24ClN. The average molecular weight is 218 g/mol. The maximum absolute atomic E-state index is 6.03. The Morgan fingerprint density at radius 2 is 2.14 bits per heavy atom. The van der Waals surface area contributed by atoms with Crippen LogP contribution < -0.4 is 0 Å². The summed E-state index contributed by atoms with van der Waals surface area (Å²) in [4.78, 5) is 2.62. The Bertz CT molecular complexity index is 149. The summed E-state index contributed by atoms with van der Waals surface area (Å²) < 4.78 is 0. The fourth-order valence-electron chi connectivity index (χ4n) is 2.18. The standard InChI is InChI=1S/C12H24ClN/c1-3-11(2)10-14-8-6-4-5-7-12(14)9-13/h11-12H,3-10H2,1-2H3. The van der Waals surface area contributed by atoms with Gasteiger partial charge in [0.25, 0.3) is 0 Å². The quantitative estimate of drug-likeness (QED) is 0.652. The highest BCUT2D eigenvalue weighted by Gasteiger charge is 2.20. The summed E-state index contributed by atoms with van der Waals surface area (Å²) in [5.74, 6) is 1.63. The van der Waals surface area contributed by atoms with Crippen LogP contribution in [0, 0.1) is 5.92 Å². The molecule has 1 aliphatic heterocycles.